The first kappa shape index (κ1) is 20.6. The number of ether oxygens (including phenoxy) is 4. The Kier molecular flexibility index (Phi) is 6.75. The van der Waals surface area contributed by atoms with Crippen LogP contribution in [0, 0.1) is 11.3 Å². The van der Waals surface area contributed by atoms with E-state index >= 15 is 0 Å². The van der Waals surface area contributed by atoms with Gasteiger partial charge in [-0.05, 0) is 28.9 Å². The number of allylic oxidation sites excluding steroid dienone is 2. The number of hydrogen-bond donors (Lipinski definition) is 1. The second-order valence-corrected chi connectivity index (χ2v) is 6.42. The van der Waals surface area contributed by atoms with Crippen LogP contribution in [0.4, 0.5) is 0 Å². The third-order valence-corrected chi connectivity index (χ3v) is 4.75. The Balaban J connectivity index is 2.79. The predicted molar refractivity (Wildman–Crippen MR) is 102 cm³/mol. The lowest BCUT2D eigenvalue weighted by molar-refractivity contribution is -0.139. The van der Waals surface area contributed by atoms with Crippen LogP contribution in [0.1, 0.15) is 31.7 Å². The molecule has 0 saturated heterocycles. The maximum Gasteiger partial charge on any atom is 0.338 e. The number of nitrogens with zero attached hydrogens (tertiary/aromatic N) is 1. The average Bonchev–Trinajstić information content (AvgIpc) is 2.66. The molecular formula is C19H21BrN2O5. The number of rotatable bonds is 6. The highest BCUT2D eigenvalue weighted by atomic mass is 79.9. The van der Waals surface area contributed by atoms with E-state index in [0.717, 1.165) is 0 Å². The molecule has 1 heterocycles. The Morgan fingerprint density at radius 3 is 2.48 bits per heavy atom. The minimum absolute atomic E-state index is 0.0404. The summed E-state index contributed by atoms with van der Waals surface area (Å²) in [4.78, 5) is 12.7. The molecule has 2 N–H and O–H groups in total. The van der Waals surface area contributed by atoms with Crippen molar-refractivity contribution in [2.75, 3.05) is 20.8 Å². The molecule has 0 saturated carbocycles. The summed E-state index contributed by atoms with van der Waals surface area (Å²) in [6.07, 6.45) is 0.406. The van der Waals surface area contributed by atoms with E-state index < -0.39 is 11.9 Å². The van der Waals surface area contributed by atoms with Gasteiger partial charge in [-0.15, -0.1) is 0 Å². The zero-order chi connectivity index (χ0) is 20.1. The van der Waals surface area contributed by atoms with Gasteiger partial charge in [0.1, 0.15) is 28.9 Å². The van der Waals surface area contributed by atoms with E-state index in [4.69, 9.17) is 24.7 Å². The molecule has 1 atom stereocenters. The summed E-state index contributed by atoms with van der Waals surface area (Å²) in [6.45, 7) is 3.73. The van der Waals surface area contributed by atoms with E-state index in [0.29, 0.717) is 33.7 Å². The molecule has 0 spiro atoms. The van der Waals surface area contributed by atoms with E-state index in [-0.39, 0.29) is 23.6 Å². The van der Waals surface area contributed by atoms with Crippen LogP contribution in [0.15, 0.2) is 39.4 Å². The molecule has 8 heteroatoms. The highest BCUT2D eigenvalue weighted by Gasteiger charge is 2.39. The third-order valence-electron chi connectivity index (χ3n) is 4.13. The van der Waals surface area contributed by atoms with Gasteiger partial charge in [0.15, 0.2) is 0 Å². The predicted octanol–water partition coefficient (Wildman–Crippen LogP) is 3.50. The number of hydrogen-bond acceptors (Lipinski definition) is 7. The summed E-state index contributed by atoms with van der Waals surface area (Å²) in [7, 11) is 3.03. The maximum absolute atomic E-state index is 12.7. The molecule has 1 aromatic rings. The SMILES string of the molecule is CCOC(=O)C1=C(CC)OC(N)=C(C#N)[C@@H]1c1cc(Br)c(OC)cc1OC. The van der Waals surface area contributed by atoms with E-state index in [2.05, 4.69) is 22.0 Å². The highest BCUT2D eigenvalue weighted by molar-refractivity contribution is 9.10. The van der Waals surface area contributed by atoms with Crippen LogP contribution >= 0.6 is 15.9 Å². The fourth-order valence-corrected chi connectivity index (χ4v) is 3.46. The molecule has 1 aliphatic heterocycles. The van der Waals surface area contributed by atoms with Crippen molar-refractivity contribution < 1.29 is 23.7 Å². The molecule has 0 radical (unpaired) electrons. The van der Waals surface area contributed by atoms with Crippen molar-refractivity contribution in [2.24, 2.45) is 5.73 Å². The summed E-state index contributed by atoms with van der Waals surface area (Å²) >= 11 is 3.44. The second kappa shape index (κ2) is 8.82. The zero-order valence-corrected chi connectivity index (χ0v) is 17.2. The van der Waals surface area contributed by atoms with Crippen molar-refractivity contribution in [1.82, 2.24) is 0 Å². The van der Waals surface area contributed by atoms with E-state index in [1.165, 1.54) is 14.2 Å². The number of halogens is 1. The smallest absolute Gasteiger partial charge is 0.338 e. The number of esters is 1. The Hall–Kier alpha value is -2.66. The minimum atomic E-state index is -0.782. The Morgan fingerprint density at radius 1 is 1.30 bits per heavy atom. The molecule has 0 unspecified atom stereocenters. The van der Waals surface area contributed by atoms with Crippen LogP contribution in [0.25, 0.3) is 0 Å². The summed E-state index contributed by atoms with van der Waals surface area (Å²) in [5.41, 5.74) is 6.90. The number of carbonyl (C=O) groups excluding carboxylic acids is 1. The minimum Gasteiger partial charge on any atom is -0.496 e. The number of nitriles is 1. The van der Waals surface area contributed by atoms with Crippen LogP contribution in [0.2, 0.25) is 0 Å². The summed E-state index contributed by atoms with van der Waals surface area (Å²) in [5.74, 6) is -0.0240. The van der Waals surface area contributed by atoms with Crippen molar-refractivity contribution in [1.29, 1.82) is 5.26 Å². The highest BCUT2D eigenvalue weighted by Crippen LogP contribution is 2.46. The lowest BCUT2D eigenvalue weighted by Crippen LogP contribution is -2.26. The average molecular weight is 437 g/mol. The van der Waals surface area contributed by atoms with Crippen LogP contribution < -0.4 is 15.2 Å². The van der Waals surface area contributed by atoms with Gasteiger partial charge >= 0.3 is 5.97 Å². The zero-order valence-electron chi connectivity index (χ0n) is 15.6. The van der Waals surface area contributed by atoms with Crippen LogP contribution in [-0.2, 0) is 14.3 Å². The molecule has 27 heavy (non-hydrogen) atoms. The van der Waals surface area contributed by atoms with Gasteiger partial charge in [-0.1, -0.05) is 6.92 Å². The van der Waals surface area contributed by atoms with Gasteiger partial charge in [0.2, 0.25) is 5.88 Å². The first-order valence-electron chi connectivity index (χ1n) is 8.32. The van der Waals surface area contributed by atoms with Crippen LogP contribution in [0.3, 0.4) is 0 Å². The van der Waals surface area contributed by atoms with Crippen LogP contribution in [0.5, 0.6) is 11.5 Å². The lowest BCUT2D eigenvalue weighted by atomic mass is 9.82. The standard InChI is InChI=1S/C19H21BrN2O5/c1-5-13-17(19(23)26-6-2)16(11(9-21)18(22)27-13)10-7-12(20)15(25-4)8-14(10)24-3/h7-8,16H,5-6,22H2,1-4H3/t16-/m0/s1. The number of methoxy groups -OCH3 is 2. The maximum atomic E-state index is 12.7. The molecule has 0 bridgehead atoms. The number of nitrogens with two attached hydrogens (primary N) is 1. The molecule has 0 fully saturated rings. The Morgan fingerprint density at radius 2 is 1.96 bits per heavy atom. The van der Waals surface area contributed by atoms with Gasteiger partial charge in [-0.25, -0.2) is 4.79 Å². The van der Waals surface area contributed by atoms with Crippen LogP contribution in [-0.4, -0.2) is 26.8 Å². The topological polar surface area (TPSA) is 104 Å². The Bertz CT molecular complexity index is 854. The van der Waals surface area contributed by atoms with Gasteiger partial charge in [0.25, 0.3) is 0 Å². The molecule has 7 nitrogen and oxygen atoms in total. The molecule has 0 aromatic heterocycles. The monoisotopic (exact) mass is 436 g/mol. The van der Waals surface area contributed by atoms with Crippen molar-refractivity contribution >= 4 is 21.9 Å². The van der Waals surface area contributed by atoms with Crippen molar-refractivity contribution in [3.05, 3.63) is 45.0 Å². The molecule has 144 valence electrons. The van der Waals surface area contributed by atoms with Gasteiger partial charge in [0, 0.05) is 18.1 Å². The lowest BCUT2D eigenvalue weighted by Gasteiger charge is -2.29. The van der Waals surface area contributed by atoms with Gasteiger partial charge in [-0.2, -0.15) is 5.26 Å². The first-order chi connectivity index (χ1) is 12.9. The number of carbonyl (C=O) groups is 1. The summed E-state index contributed by atoms with van der Waals surface area (Å²) < 4.78 is 22.2. The fourth-order valence-electron chi connectivity index (χ4n) is 2.93. The van der Waals surface area contributed by atoms with Crippen molar-refractivity contribution in [3.63, 3.8) is 0 Å². The van der Waals surface area contributed by atoms with Gasteiger partial charge in [-0.3, -0.25) is 0 Å². The molecule has 1 aromatic carbocycles. The molecule has 1 aliphatic rings. The first-order valence-corrected chi connectivity index (χ1v) is 9.11. The normalized spacial score (nSPS) is 16.5. The summed E-state index contributed by atoms with van der Waals surface area (Å²) in [5, 5.41) is 9.70. The fraction of sp³-hybridized carbons (Fsp3) is 0.368. The number of benzene rings is 1. The van der Waals surface area contributed by atoms with Crippen molar-refractivity contribution in [2.45, 2.75) is 26.2 Å². The molecule has 2 rings (SSSR count). The quantitative estimate of drug-likeness (QED) is 0.680. The van der Waals surface area contributed by atoms with Gasteiger partial charge < -0.3 is 24.7 Å². The van der Waals surface area contributed by atoms with E-state index in [1.807, 2.05) is 6.92 Å². The second-order valence-electron chi connectivity index (χ2n) is 5.56. The third kappa shape index (κ3) is 3.88. The van der Waals surface area contributed by atoms with Gasteiger partial charge in [0.05, 0.1) is 36.8 Å². The Labute approximate surface area is 166 Å². The largest absolute Gasteiger partial charge is 0.496 e. The van der Waals surface area contributed by atoms with E-state index in [1.54, 1.807) is 19.1 Å². The van der Waals surface area contributed by atoms with E-state index in [9.17, 15) is 10.1 Å². The molecule has 0 aliphatic carbocycles. The molecule has 0 amide bonds. The molecular weight excluding hydrogens is 416 g/mol. The van der Waals surface area contributed by atoms with Crippen molar-refractivity contribution in [3.8, 4) is 17.6 Å². The summed E-state index contributed by atoms with van der Waals surface area (Å²) in [6, 6.07) is 5.47.